The molecule has 0 aliphatic carbocycles. The van der Waals surface area contributed by atoms with Crippen LogP contribution in [-0.4, -0.2) is 20.6 Å². The molecule has 0 fully saturated rings. The van der Waals surface area contributed by atoms with Crippen molar-refractivity contribution in [1.82, 2.24) is 9.55 Å². The first-order valence-electron chi connectivity index (χ1n) is 5.45. The fourth-order valence-electron chi connectivity index (χ4n) is 1.63. The summed E-state index contributed by atoms with van der Waals surface area (Å²) in [5.41, 5.74) is 1.56. The zero-order chi connectivity index (χ0) is 13.0. The van der Waals surface area contributed by atoms with Gasteiger partial charge in [0.2, 0.25) is 0 Å². The maximum absolute atomic E-state index is 11.5. The van der Waals surface area contributed by atoms with Gasteiger partial charge in [-0.25, -0.2) is 4.98 Å². The quantitative estimate of drug-likeness (QED) is 0.868. The standard InChI is InChI=1S/C13H12N2O3/c16-12-5-6-14-9-15(12)8-11-3-1-10(2-4-11)7-13(17)18/h1-6,9H,7-8H2,(H,17,18). The van der Waals surface area contributed by atoms with Gasteiger partial charge in [0.25, 0.3) is 5.56 Å². The number of hydrogen-bond donors (Lipinski definition) is 1. The summed E-state index contributed by atoms with van der Waals surface area (Å²) in [7, 11) is 0. The highest BCUT2D eigenvalue weighted by atomic mass is 16.4. The van der Waals surface area contributed by atoms with E-state index in [2.05, 4.69) is 4.98 Å². The Morgan fingerprint density at radius 1 is 1.17 bits per heavy atom. The predicted molar refractivity (Wildman–Crippen MR) is 65.4 cm³/mol. The van der Waals surface area contributed by atoms with Gasteiger partial charge in [-0.2, -0.15) is 0 Å². The lowest BCUT2D eigenvalue weighted by Gasteiger charge is -2.05. The van der Waals surface area contributed by atoms with Gasteiger partial charge < -0.3 is 5.11 Å². The summed E-state index contributed by atoms with van der Waals surface area (Å²) >= 11 is 0. The Kier molecular flexibility index (Phi) is 3.52. The molecule has 0 bridgehead atoms. The van der Waals surface area contributed by atoms with Crippen molar-refractivity contribution in [2.45, 2.75) is 13.0 Å². The van der Waals surface area contributed by atoms with E-state index in [-0.39, 0.29) is 12.0 Å². The number of carboxylic acid groups (broad SMARTS) is 1. The molecule has 0 radical (unpaired) electrons. The maximum atomic E-state index is 11.5. The number of carbonyl (C=O) groups is 1. The first-order chi connectivity index (χ1) is 8.65. The fraction of sp³-hybridized carbons (Fsp3) is 0.154. The van der Waals surface area contributed by atoms with Gasteiger partial charge in [0.15, 0.2) is 0 Å². The van der Waals surface area contributed by atoms with Gasteiger partial charge >= 0.3 is 5.97 Å². The Bertz CT molecular complexity index is 602. The van der Waals surface area contributed by atoms with Crippen LogP contribution in [0.1, 0.15) is 11.1 Å². The SMILES string of the molecule is O=C(O)Cc1ccc(Cn2cnccc2=O)cc1. The number of nitrogens with zero attached hydrogens (tertiary/aromatic N) is 2. The molecule has 1 N–H and O–H groups in total. The van der Waals surface area contributed by atoms with Gasteiger partial charge in [-0.1, -0.05) is 24.3 Å². The summed E-state index contributed by atoms with van der Waals surface area (Å²) in [6.45, 7) is 0.431. The van der Waals surface area contributed by atoms with Crippen molar-refractivity contribution in [3.05, 3.63) is 64.3 Å². The highest BCUT2D eigenvalue weighted by molar-refractivity contribution is 5.70. The summed E-state index contributed by atoms with van der Waals surface area (Å²) in [5, 5.41) is 8.65. The molecule has 0 saturated carbocycles. The number of aromatic nitrogens is 2. The van der Waals surface area contributed by atoms with Crippen molar-refractivity contribution in [3.63, 3.8) is 0 Å². The van der Waals surface area contributed by atoms with E-state index in [1.807, 2.05) is 12.1 Å². The molecule has 0 saturated heterocycles. The molecule has 1 aromatic heterocycles. The first kappa shape index (κ1) is 12.0. The van der Waals surface area contributed by atoms with Crippen LogP contribution >= 0.6 is 0 Å². The minimum atomic E-state index is -0.855. The van der Waals surface area contributed by atoms with Crippen LogP contribution in [0.5, 0.6) is 0 Å². The van der Waals surface area contributed by atoms with E-state index in [1.165, 1.54) is 23.2 Å². The zero-order valence-electron chi connectivity index (χ0n) is 9.61. The van der Waals surface area contributed by atoms with E-state index >= 15 is 0 Å². The molecule has 0 spiro atoms. The van der Waals surface area contributed by atoms with E-state index in [9.17, 15) is 9.59 Å². The molecular formula is C13H12N2O3. The molecule has 18 heavy (non-hydrogen) atoms. The number of benzene rings is 1. The summed E-state index contributed by atoms with van der Waals surface area (Å²) < 4.78 is 1.49. The lowest BCUT2D eigenvalue weighted by atomic mass is 10.1. The lowest BCUT2D eigenvalue weighted by Crippen LogP contribution is -2.19. The summed E-state index contributed by atoms with van der Waals surface area (Å²) in [6, 6.07) is 8.55. The Labute approximate surface area is 103 Å². The Morgan fingerprint density at radius 3 is 2.44 bits per heavy atom. The van der Waals surface area contributed by atoms with Gasteiger partial charge in [0.05, 0.1) is 19.3 Å². The molecule has 1 heterocycles. The smallest absolute Gasteiger partial charge is 0.307 e. The summed E-state index contributed by atoms with van der Waals surface area (Å²) in [6.07, 6.45) is 2.94. The highest BCUT2D eigenvalue weighted by Crippen LogP contribution is 2.06. The lowest BCUT2D eigenvalue weighted by molar-refractivity contribution is -0.136. The average molecular weight is 244 g/mol. The van der Waals surface area contributed by atoms with E-state index in [4.69, 9.17) is 5.11 Å². The maximum Gasteiger partial charge on any atom is 0.307 e. The third-order valence-electron chi connectivity index (χ3n) is 2.52. The minimum absolute atomic E-state index is 0.00706. The Morgan fingerprint density at radius 2 is 1.83 bits per heavy atom. The van der Waals surface area contributed by atoms with E-state index in [0.29, 0.717) is 6.54 Å². The van der Waals surface area contributed by atoms with Crippen LogP contribution in [0.15, 0.2) is 47.7 Å². The van der Waals surface area contributed by atoms with Crippen molar-refractivity contribution >= 4 is 5.97 Å². The van der Waals surface area contributed by atoms with Gasteiger partial charge in [-0.15, -0.1) is 0 Å². The Hall–Kier alpha value is -2.43. The van der Waals surface area contributed by atoms with Crippen molar-refractivity contribution in [2.24, 2.45) is 0 Å². The van der Waals surface area contributed by atoms with Crippen molar-refractivity contribution in [2.75, 3.05) is 0 Å². The molecular weight excluding hydrogens is 232 g/mol. The van der Waals surface area contributed by atoms with Crippen LogP contribution in [0, 0.1) is 0 Å². The third kappa shape index (κ3) is 3.04. The second-order valence-corrected chi connectivity index (χ2v) is 3.93. The number of hydrogen-bond acceptors (Lipinski definition) is 3. The molecule has 5 nitrogen and oxygen atoms in total. The van der Waals surface area contributed by atoms with Crippen LogP contribution in [0.25, 0.3) is 0 Å². The monoisotopic (exact) mass is 244 g/mol. The molecule has 0 amide bonds. The summed E-state index contributed by atoms with van der Waals surface area (Å²) in [5.74, 6) is -0.855. The number of aliphatic carboxylic acids is 1. The van der Waals surface area contributed by atoms with Crippen LogP contribution in [0.2, 0.25) is 0 Å². The fourth-order valence-corrected chi connectivity index (χ4v) is 1.63. The number of rotatable bonds is 4. The van der Waals surface area contributed by atoms with Crippen LogP contribution < -0.4 is 5.56 Å². The normalized spacial score (nSPS) is 10.2. The molecule has 2 aromatic rings. The van der Waals surface area contributed by atoms with Crippen molar-refractivity contribution < 1.29 is 9.90 Å². The topological polar surface area (TPSA) is 72.2 Å². The average Bonchev–Trinajstić information content (AvgIpc) is 2.34. The van der Waals surface area contributed by atoms with E-state index < -0.39 is 5.97 Å². The van der Waals surface area contributed by atoms with Gasteiger partial charge in [-0.05, 0) is 11.1 Å². The predicted octanol–water partition coefficient (Wildman–Crippen LogP) is 0.919. The van der Waals surface area contributed by atoms with Gasteiger partial charge in [-0.3, -0.25) is 14.2 Å². The number of carboxylic acids is 1. The molecule has 5 heteroatoms. The zero-order valence-corrected chi connectivity index (χ0v) is 9.61. The first-order valence-corrected chi connectivity index (χ1v) is 5.45. The van der Waals surface area contributed by atoms with Crippen molar-refractivity contribution in [1.29, 1.82) is 0 Å². The molecule has 0 unspecified atom stereocenters. The second kappa shape index (κ2) is 5.27. The molecule has 1 aromatic carbocycles. The summed E-state index contributed by atoms with van der Waals surface area (Å²) in [4.78, 5) is 25.9. The largest absolute Gasteiger partial charge is 0.481 e. The highest BCUT2D eigenvalue weighted by Gasteiger charge is 2.01. The molecule has 2 rings (SSSR count). The molecule has 0 atom stereocenters. The third-order valence-corrected chi connectivity index (χ3v) is 2.52. The van der Waals surface area contributed by atoms with Gasteiger partial charge in [0.1, 0.15) is 0 Å². The second-order valence-electron chi connectivity index (χ2n) is 3.93. The minimum Gasteiger partial charge on any atom is -0.481 e. The van der Waals surface area contributed by atoms with Crippen LogP contribution in [-0.2, 0) is 17.8 Å². The molecule has 0 aliphatic rings. The van der Waals surface area contributed by atoms with Gasteiger partial charge in [0, 0.05) is 12.3 Å². The van der Waals surface area contributed by atoms with Crippen LogP contribution in [0.3, 0.4) is 0 Å². The molecule has 92 valence electrons. The van der Waals surface area contributed by atoms with Crippen molar-refractivity contribution in [3.8, 4) is 0 Å². The van der Waals surface area contributed by atoms with Crippen LogP contribution in [0.4, 0.5) is 0 Å². The Balaban J connectivity index is 2.14. The van der Waals surface area contributed by atoms with E-state index in [0.717, 1.165) is 11.1 Å². The van der Waals surface area contributed by atoms with E-state index in [1.54, 1.807) is 12.1 Å². The molecule has 0 aliphatic heterocycles.